The van der Waals surface area contributed by atoms with Crippen molar-refractivity contribution < 1.29 is 4.74 Å². The molecule has 0 spiro atoms. The van der Waals surface area contributed by atoms with Crippen LogP contribution in [0, 0.1) is 6.92 Å². The molecule has 1 aromatic heterocycles. The average molecular weight is 320 g/mol. The summed E-state index contributed by atoms with van der Waals surface area (Å²) >= 11 is 0. The topological polar surface area (TPSA) is 59.1 Å². The van der Waals surface area contributed by atoms with Crippen molar-refractivity contribution in [2.24, 2.45) is 0 Å². The van der Waals surface area contributed by atoms with Crippen LogP contribution < -0.4 is 15.4 Å². The van der Waals surface area contributed by atoms with Crippen molar-refractivity contribution in [1.82, 2.24) is 9.97 Å². The van der Waals surface area contributed by atoms with Crippen LogP contribution in [0.4, 0.5) is 23.1 Å². The smallest absolute Gasteiger partial charge is 0.229 e. The minimum Gasteiger partial charge on any atom is -0.492 e. The summed E-state index contributed by atoms with van der Waals surface area (Å²) < 4.78 is 5.64. The van der Waals surface area contributed by atoms with Gasteiger partial charge in [0.05, 0.1) is 12.3 Å². The number of nitrogens with zero attached hydrogens (tertiary/aromatic N) is 2. The normalized spacial score (nSPS) is 10.2. The van der Waals surface area contributed by atoms with Crippen LogP contribution in [-0.4, -0.2) is 16.6 Å². The fourth-order valence-electron chi connectivity index (χ4n) is 2.33. The first-order chi connectivity index (χ1) is 11.7. The Kier molecular flexibility index (Phi) is 4.91. The Hall–Kier alpha value is -3.08. The van der Waals surface area contributed by atoms with E-state index < -0.39 is 0 Å². The zero-order chi connectivity index (χ0) is 16.8. The predicted molar refractivity (Wildman–Crippen MR) is 97.4 cm³/mol. The molecule has 2 N–H and O–H groups in total. The molecule has 24 heavy (non-hydrogen) atoms. The van der Waals surface area contributed by atoms with Crippen LogP contribution in [0.25, 0.3) is 0 Å². The summed E-state index contributed by atoms with van der Waals surface area (Å²) in [6, 6.07) is 19.6. The quantitative estimate of drug-likeness (QED) is 0.691. The fraction of sp³-hybridized carbons (Fsp3) is 0.158. The summed E-state index contributed by atoms with van der Waals surface area (Å²) in [7, 11) is 0. The van der Waals surface area contributed by atoms with Gasteiger partial charge in [-0.2, -0.15) is 4.98 Å². The number of hydrogen-bond acceptors (Lipinski definition) is 5. The minimum absolute atomic E-state index is 0.553. The third-order valence-electron chi connectivity index (χ3n) is 3.33. The van der Waals surface area contributed by atoms with E-state index in [1.165, 1.54) is 0 Å². The number of aromatic nitrogens is 2. The summed E-state index contributed by atoms with van der Waals surface area (Å²) in [5.41, 5.74) is 2.70. The molecule has 0 atom stereocenters. The molecule has 0 aliphatic rings. The van der Waals surface area contributed by atoms with Gasteiger partial charge in [-0.3, -0.25) is 0 Å². The zero-order valence-electron chi connectivity index (χ0n) is 13.8. The highest BCUT2D eigenvalue weighted by Gasteiger charge is 2.07. The van der Waals surface area contributed by atoms with Crippen LogP contribution in [0.2, 0.25) is 0 Å². The maximum absolute atomic E-state index is 5.64. The first-order valence-corrected chi connectivity index (χ1v) is 7.91. The third-order valence-corrected chi connectivity index (χ3v) is 3.33. The van der Waals surface area contributed by atoms with E-state index in [-0.39, 0.29) is 0 Å². The van der Waals surface area contributed by atoms with Gasteiger partial charge < -0.3 is 15.4 Å². The van der Waals surface area contributed by atoms with Gasteiger partial charge in [-0.05, 0) is 38.1 Å². The van der Waals surface area contributed by atoms with E-state index in [0.717, 1.165) is 22.8 Å². The predicted octanol–water partition coefficient (Wildman–Crippen LogP) is 4.67. The Morgan fingerprint density at radius 1 is 0.917 bits per heavy atom. The van der Waals surface area contributed by atoms with E-state index in [9.17, 15) is 0 Å². The zero-order valence-corrected chi connectivity index (χ0v) is 13.8. The molecule has 0 radical (unpaired) electrons. The maximum Gasteiger partial charge on any atom is 0.229 e. The van der Waals surface area contributed by atoms with Gasteiger partial charge in [0.1, 0.15) is 11.6 Å². The highest BCUT2D eigenvalue weighted by Crippen LogP contribution is 2.27. The SMILES string of the molecule is CCOc1ccccc1Nc1cc(C)nc(Nc2ccccc2)n1. The van der Waals surface area contributed by atoms with Crippen LogP contribution in [0.15, 0.2) is 60.7 Å². The van der Waals surface area contributed by atoms with Crippen LogP contribution >= 0.6 is 0 Å². The van der Waals surface area contributed by atoms with Crippen molar-refractivity contribution in [2.75, 3.05) is 17.2 Å². The van der Waals surface area contributed by atoms with Crippen LogP contribution in [0.1, 0.15) is 12.6 Å². The van der Waals surface area contributed by atoms with Crippen LogP contribution in [-0.2, 0) is 0 Å². The number of hydrogen-bond donors (Lipinski definition) is 2. The lowest BCUT2D eigenvalue weighted by Gasteiger charge is -2.13. The molecule has 5 heteroatoms. The van der Waals surface area contributed by atoms with Crippen molar-refractivity contribution in [3.05, 3.63) is 66.4 Å². The van der Waals surface area contributed by atoms with E-state index >= 15 is 0 Å². The first kappa shape index (κ1) is 15.8. The summed E-state index contributed by atoms with van der Waals surface area (Å²) in [6.07, 6.45) is 0. The molecule has 0 saturated carbocycles. The molecule has 3 rings (SSSR count). The van der Waals surface area contributed by atoms with Gasteiger partial charge in [0.25, 0.3) is 0 Å². The Labute approximate surface area is 141 Å². The molecule has 0 aliphatic heterocycles. The molecular weight excluding hydrogens is 300 g/mol. The molecule has 0 aliphatic carbocycles. The highest BCUT2D eigenvalue weighted by molar-refractivity contribution is 5.65. The summed E-state index contributed by atoms with van der Waals surface area (Å²) in [6.45, 7) is 4.52. The number of rotatable bonds is 6. The monoisotopic (exact) mass is 320 g/mol. The third kappa shape index (κ3) is 4.01. The molecule has 5 nitrogen and oxygen atoms in total. The molecule has 0 amide bonds. The summed E-state index contributed by atoms with van der Waals surface area (Å²) in [4.78, 5) is 8.97. The van der Waals surface area contributed by atoms with Gasteiger partial charge in [0, 0.05) is 17.4 Å². The molecular formula is C19H20N4O. The van der Waals surface area contributed by atoms with Gasteiger partial charge in [0.2, 0.25) is 5.95 Å². The molecule has 0 bridgehead atoms. The number of nitrogens with one attached hydrogen (secondary N) is 2. The second-order valence-electron chi connectivity index (χ2n) is 5.26. The second-order valence-corrected chi connectivity index (χ2v) is 5.26. The molecule has 0 unspecified atom stereocenters. The van der Waals surface area contributed by atoms with E-state index in [0.29, 0.717) is 18.4 Å². The number of anilines is 4. The van der Waals surface area contributed by atoms with E-state index in [1.807, 2.05) is 74.5 Å². The number of para-hydroxylation sites is 3. The standard InChI is InChI=1S/C19H20N4O/c1-3-24-17-12-8-7-11-16(17)22-18-13-14(2)20-19(23-18)21-15-9-5-4-6-10-15/h4-13H,3H2,1-2H3,(H2,20,21,22,23). The van der Waals surface area contributed by atoms with E-state index in [2.05, 4.69) is 20.6 Å². The molecule has 1 heterocycles. The molecule has 0 fully saturated rings. The van der Waals surface area contributed by atoms with Gasteiger partial charge in [0.15, 0.2) is 0 Å². The largest absolute Gasteiger partial charge is 0.492 e. The van der Waals surface area contributed by atoms with Gasteiger partial charge in [-0.15, -0.1) is 0 Å². The van der Waals surface area contributed by atoms with Gasteiger partial charge in [-0.25, -0.2) is 4.98 Å². The van der Waals surface area contributed by atoms with Gasteiger partial charge in [-0.1, -0.05) is 30.3 Å². The Morgan fingerprint density at radius 2 is 1.67 bits per heavy atom. The lowest BCUT2D eigenvalue weighted by molar-refractivity contribution is 0.342. The number of ether oxygens (including phenoxy) is 1. The molecule has 122 valence electrons. The number of benzene rings is 2. The molecule has 3 aromatic rings. The van der Waals surface area contributed by atoms with Crippen molar-refractivity contribution in [2.45, 2.75) is 13.8 Å². The van der Waals surface area contributed by atoms with E-state index in [1.54, 1.807) is 0 Å². The Bertz CT molecular complexity index is 805. The second kappa shape index (κ2) is 7.46. The lowest BCUT2D eigenvalue weighted by atomic mass is 10.3. The minimum atomic E-state index is 0.553. The van der Waals surface area contributed by atoms with E-state index in [4.69, 9.17) is 4.74 Å². The van der Waals surface area contributed by atoms with Crippen molar-refractivity contribution in [1.29, 1.82) is 0 Å². The Balaban J connectivity index is 1.84. The average Bonchev–Trinajstić information content (AvgIpc) is 2.57. The molecule has 2 aromatic carbocycles. The van der Waals surface area contributed by atoms with Crippen molar-refractivity contribution >= 4 is 23.1 Å². The van der Waals surface area contributed by atoms with Crippen molar-refractivity contribution in [3.8, 4) is 5.75 Å². The summed E-state index contributed by atoms with van der Waals surface area (Å²) in [5, 5.41) is 6.53. The van der Waals surface area contributed by atoms with Crippen molar-refractivity contribution in [3.63, 3.8) is 0 Å². The lowest BCUT2D eigenvalue weighted by Crippen LogP contribution is -2.03. The molecule has 0 saturated heterocycles. The first-order valence-electron chi connectivity index (χ1n) is 7.91. The van der Waals surface area contributed by atoms with Gasteiger partial charge >= 0.3 is 0 Å². The fourth-order valence-corrected chi connectivity index (χ4v) is 2.33. The number of aryl methyl sites for hydroxylation is 1. The van der Waals surface area contributed by atoms with Crippen LogP contribution in [0.3, 0.4) is 0 Å². The maximum atomic E-state index is 5.64. The highest BCUT2D eigenvalue weighted by atomic mass is 16.5. The van der Waals surface area contributed by atoms with Crippen LogP contribution in [0.5, 0.6) is 5.75 Å². The summed E-state index contributed by atoms with van der Waals surface area (Å²) in [5.74, 6) is 2.07. The Morgan fingerprint density at radius 3 is 2.46 bits per heavy atom.